The fourth-order valence-corrected chi connectivity index (χ4v) is 2.35. The van der Waals surface area contributed by atoms with Crippen LogP contribution in [-0.4, -0.2) is 23.7 Å². The average Bonchev–Trinajstić information content (AvgIpc) is 2.81. The van der Waals surface area contributed by atoms with Gasteiger partial charge in [-0.05, 0) is 48.9 Å². The molecular formula is C14H20N2O2. The van der Waals surface area contributed by atoms with Crippen LogP contribution in [0.3, 0.4) is 0 Å². The molecule has 0 saturated carbocycles. The summed E-state index contributed by atoms with van der Waals surface area (Å²) < 4.78 is 0. The van der Waals surface area contributed by atoms with E-state index in [0.717, 1.165) is 6.54 Å². The number of hydrogen-bond donors (Lipinski definition) is 3. The van der Waals surface area contributed by atoms with Gasteiger partial charge in [-0.15, -0.1) is 0 Å². The van der Waals surface area contributed by atoms with Crippen LogP contribution in [-0.2, 0) is 24.2 Å². The van der Waals surface area contributed by atoms with Gasteiger partial charge in [0.05, 0.1) is 0 Å². The topological polar surface area (TPSA) is 75.3 Å². The van der Waals surface area contributed by atoms with Crippen molar-refractivity contribution in [1.29, 1.82) is 0 Å². The van der Waals surface area contributed by atoms with Gasteiger partial charge < -0.3 is 16.2 Å². The minimum absolute atomic E-state index is 0.459. The second-order valence-corrected chi connectivity index (χ2v) is 4.87. The van der Waals surface area contributed by atoms with Gasteiger partial charge in [-0.2, -0.15) is 0 Å². The number of aryl methyl sites for hydroxylation is 2. The van der Waals surface area contributed by atoms with Crippen molar-refractivity contribution in [3.63, 3.8) is 0 Å². The average molecular weight is 248 g/mol. The highest BCUT2D eigenvalue weighted by molar-refractivity contribution is 5.72. The van der Waals surface area contributed by atoms with Crippen molar-refractivity contribution in [3.05, 3.63) is 34.9 Å². The van der Waals surface area contributed by atoms with E-state index in [0.29, 0.717) is 13.0 Å². The standard InChI is InChI=1S/C14H20N2O2/c15-13(14(17)18)6-7-16-9-10-4-5-11-2-1-3-12(11)8-10/h4-5,8,13,16H,1-3,6-7,9,15H2,(H,17,18). The van der Waals surface area contributed by atoms with Gasteiger partial charge in [0.15, 0.2) is 0 Å². The first-order valence-electron chi connectivity index (χ1n) is 6.46. The van der Waals surface area contributed by atoms with Crippen LogP contribution in [0, 0.1) is 0 Å². The van der Waals surface area contributed by atoms with Crippen LogP contribution in [0.4, 0.5) is 0 Å². The highest BCUT2D eigenvalue weighted by Gasteiger charge is 2.11. The van der Waals surface area contributed by atoms with Crippen molar-refractivity contribution in [2.75, 3.05) is 6.54 Å². The fraction of sp³-hybridized carbons (Fsp3) is 0.500. The maximum atomic E-state index is 10.5. The SMILES string of the molecule is NC(CCNCc1ccc2c(c1)CCC2)C(=O)O. The summed E-state index contributed by atoms with van der Waals surface area (Å²) in [6.45, 7) is 1.41. The molecule has 1 atom stereocenters. The Morgan fingerprint density at radius 1 is 1.39 bits per heavy atom. The fourth-order valence-electron chi connectivity index (χ4n) is 2.35. The second-order valence-electron chi connectivity index (χ2n) is 4.87. The molecule has 0 amide bonds. The highest BCUT2D eigenvalue weighted by Crippen LogP contribution is 2.22. The van der Waals surface area contributed by atoms with Crippen molar-refractivity contribution >= 4 is 5.97 Å². The zero-order valence-corrected chi connectivity index (χ0v) is 10.5. The van der Waals surface area contributed by atoms with Crippen molar-refractivity contribution < 1.29 is 9.90 Å². The molecule has 0 radical (unpaired) electrons. The predicted octanol–water partition coefficient (Wildman–Crippen LogP) is 1.07. The van der Waals surface area contributed by atoms with Gasteiger partial charge in [-0.3, -0.25) is 4.79 Å². The molecule has 0 fully saturated rings. The van der Waals surface area contributed by atoms with E-state index in [1.807, 2.05) is 0 Å². The predicted molar refractivity (Wildman–Crippen MR) is 70.4 cm³/mol. The molecule has 1 aromatic rings. The molecule has 0 aliphatic heterocycles. The van der Waals surface area contributed by atoms with Crippen LogP contribution in [0.1, 0.15) is 29.5 Å². The van der Waals surface area contributed by atoms with Crippen LogP contribution in [0.15, 0.2) is 18.2 Å². The van der Waals surface area contributed by atoms with E-state index in [2.05, 4.69) is 23.5 Å². The summed E-state index contributed by atoms with van der Waals surface area (Å²) in [6.07, 6.45) is 4.11. The Bertz CT molecular complexity index is 432. The number of carboxylic acid groups (broad SMARTS) is 1. The van der Waals surface area contributed by atoms with Crippen molar-refractivity contribution in [2.45, 2.75) is 38.3 Å². The number of nitrogens with two attached hydrogens (primary N) is 1. The number of nitrogens with one attached hydrogen (secondary N) is 1. The molecule has 98 valence electrons. The Kier molecular flexibility index (Phi) is 4.33. The van der Waals surface area contributed by atoms with E-state index in [1.54, 1.807) is 0 Å². The number of benzene rings is 1. The van der Waals surface area contributed by atoms with Gasteiger partial charge in [-0.1, -0.05) is 18.2 Å². The summed E-state index contributed by atoms with van der Waals surface area (Å²) in [7, 11) is 0. The van der Waals surface area contributed by atoms with Crippen LogP contribution in [0.25, 0.3) is 0 Å². The summed E-state index contributed by atoms with van der Waals surface area (Å²) in [4.78, 5) is 10.5. The molecule has 4 N–H and O–H groups in total. The first kappa shape index (κ1) is 13.1. The van der Waals surface area contributed by atoms with Crippen molar-refractivity contribution in [3.8, 4) is 0 Å². The first-order valence-corrected chi connectivity index (χ1v) is 6.46. The summed E-state index contributed by atoms with van der Waals surface area (Å²) in [5.74, 6) is -0.936. The molecule has 1 aromatic carbocycles. The quantitative estimate of drug-likeness (QED) is 0.658. The monoisotopic (exact) mass is 248 g/mol. The molecular weight excluding hydrogens is 228 g/mol. The van der Waals surface area contributed by atoms with Gasteiger partial charge in [0, 0.05) is 6.54 Å². The van der Waals surface area contributed by atoms with Crippen LogP contribution < -0.4 is 11.1 Å². The van der Waals surface area contributed by atoms with Crippen LogP contribution in [0.2, 0.25) is 0 Å². The lowest BCUT2D eigenvalue weighted by Gasteiger charge is -2.09. The van der Waals surface area contributed by atoms with E-state index in [1.165, 1.54) is 36.0 Å². The second kappa shape index (κ2) is 5.98. The zero-order chi connectivity index (χ0) is 13.0. The van der Waals surface area contributed by atoms with Gasteiger partial charge in [0.25, 0.3) is 0 Å². The Labute approximate surface area is 107 Å². The highest BCUT2D eigenvalue weighted by atomic mass is 16.4. The molecule has 1 aliphatic rings. The Balaban J connectivity index is 1.75. The molecule has 0 heterocycles. The van der Waals surface area contributed by atoms with Gasteiger partial charge in [0.2, 0.25) is 0 Å². The molecule has 1 unspecified atom stereocenters. The summed E-state index contributed by atoms with van der Waals surface area (Å²) >= 11 is 0. The number of hydrogen-bond acceptors (Lipinski definition) is 3. The number of aliphatic carboxylic acids is 1. The third-order valence-electron chi connectivity index (χ3n) is 3.44. The Hall–Kier alpha value is -1.39. The van der Waals surface area contributed by atoms with Gasteiger partial charge in [0.1, 0.15) is 6.04 Å². The van der Waals surface area contributed by atoms with Crippen molar-refractivity contribution in [2.24, 2.45) is 5.73 Å². The lowest BCUT2D eigenvalue weighted by atomic mass is 10.1. The zero-order valence-electron chi connectivity index (χ0n) is 10.5. The summed E-state index contributed by atoms with van der Waals surface area (Å²) in [5.41, 5.74) is 9.64. The molecule has 0 spiro atoms. The van der Waals surface area contributed by atoms with Crippen LogP contribution in [0.5, 0.6) is 0 Å². The lowest BCUT2D eigenvalue weighted by molar-refractivity contribution is -0.138. The summed E-state index contributed by atoms with van der Waals surface area (Å²) in [5, 5.41) is 11.9. The van der Waals surface area contributed by atoms with Crippen LogP contribution >= 0.6 is 0 Å². The molecule has 4 heteroatoms. The number of carbonyl (C=O) groups is 1. The molecule has 0 saturated heterocycles. The Morgan fingerprint density at radius 2 is 2.17 bits per heavy atom. The minimum Gasteiger partial charge on any atom is -0.480 e. The van der Waals surface area contributed by atoms with E-state index < -0.39 is 12.0 Å². The van der Waals surface area contributed by atoms with Gasteiger partial charge >= 0.3 is 5.97 Å². The Morgan fingerprint density at radius 3 is 2.94 bits per heavy atom. The van der Waals surface area contributed by atoms with E-state index >= 15 is 0 Å². The minimum atomic E-state index is -0.936. The van der Waals surface area contributed by atoms with E-state index in [9.17, 15) is 4.79 Å². The largest absolute Gasteiger partial charge is 0.480 e. The molecule has 0 bridgehead atoms. The molecule has 4 nitrogen and oxygen atoms in total. The smallest absolute Gasteiger partial charge is 0.320 e. The number of fused-ring (bicyclic) bond motifs is 1. The van der Waals surface area contributed by atoms with E-state index in [4.69, 9.17) is 10.8 Å². The normalized spacial score (nSPS) is 15.4. The first-order chi connectivity index (χ1) is 8.66. The number of carboxylic acids is 1. The third kappa shape index (κ3) is 3.31. The van der Waals surface area contributed by atoms with Gasteiger partial charge in [-0.25, -0.2) is 0 Å². The van der Waals surface area contributed by atoms with Crippen molar-refractivity contribution in [1.82, 2.24) is 5.32 Å². The maximum absolute atomic E-state index is 10.5. The molecule has 18 heavy (non-hydrogen) atoms. The third-order valence-corrected chi connectivity index (χ3v) is 3.44. The lowest BCUT2D eigenvalue weighted by Crippen LogP contribution is -2.33. The molecule has 1 aliphatic carbocycles. The molecule has 2 rings (SSSR count). The van der Waals surface area contributed by atoms with E-state index in [-0.39, 0.29) is 0 Å². The molecule has 0 aromatic heterocycles. The number of rotatable bonds is 6. The summed E-state index contributed by atoms with van der Waals surface area (Å²) in [6, 6.07) is 5.85. The maximum Gasteiger partial charge on any atom is 0.320 e.